The number of hydrogen-bond donors (Lipinski definition) is 2. The second kappa shape index (κ2) is 7.20. The molecule has 0 aromatic carbocycles. The Morgan fingerprint density at radius 2 is 1.89 bits per heavy atom. The maximum atomic E-state index is 11.5. The number of ether oxygens (including phenoxy) is 2. The van der Waals surface area contributed by atoms with Crippen molar-refractivity contribution in [3.05, 3.63) is 0 Å². The van der Waals surface area contributed by atoms with Gasteiger partial charge in [-0.05, 0) is 33.1 Å². The first-order valence-corrected chi connectivity index (χ1v) is 5.88. The molecule has 0 bridgehead atoms. The zero-order valence-electron chi connectivity index (χ0n) is 11.6. The van der Waals surface area contributed by atoms with Crippen molar-refractivity contribution in [2.24, 2.45) is 5.92 Å². The van der Waals surface area contributed by atoms with E-state index in [0.29, 0.717) is 13.0 Å². The van der Waals surface area contributed by atoms with Gasteiger partial charge < -0.3 is 19.9 Å². The molecule has 2 atom stereocenters. The molecular formula is C12H23NO5. The van der Waals surface area contributed by atoms with Crippen LogP contribution < -0.4 is 5.32 Å². The lowest BCUT2D eigenvalue weighted by Gasteiger charge is -2.24. The molecule has 6 heteroatoms. The van der Waals surface area contributed by atoms with E-state index in [1.165, 1.54) is 0 Å². The minimum absolute atomic E-state index is 0.241. The summed E-state index contributed by atoms with van der Waals surface area (Å²) in [6.07, 6.45) is -0.178. The van der Waals surface area contributed by atoms with Gasteiger partial charge in [-0.3, -0.25) is 0 Å². The van der Waals surface area contributed by atoms with Crippen molar-refractivity contribution in [3.63, 3.8) is 0 Å². The minimum atomic E-state index is -1.08. The summed E-state index contributed by atoms with van der Waals surface area (Å²) in [4.78, 5) is 22.6. The Balaban J connectivity index is 4.44. The summed E-state index contributed by atoms with van der Waals surface area (Å²) >= 11 is 0. The Labute approximate surface area is 108 Å². The lowest BCUT2D eigenvalue weighted by molar-refractivity contribution is -0.141. The summed E-state index contributed by atoms with van der Waals surface area (Å²) in [5.41, 5.74) is -0.650. The first kappa shape index (κ1) is 16.7. The SMILES string of the molecule is COCCC(C)C(NC(=O)OC(C)(C)C)C(=O)O. The molecule has 0 fully saturated rings. The average Bonchev–Trinajstić information content (AvgIpc) is 2.19. The third-order valence-corrected chi connectivity index (χ3v) is 2.28. The predicted molar refractivity (Wildman–Crippen MR) is 66.5 cm³/mol. The minimum Gasteiger partial charge on any atom is -0.480 e. The largest absolute Gasteiger partial charge is 0.480 e. The maximum absolute atomic E-state index is 11.5. The highest BCUT2D eigenvalue weighted by atomic mass is 16.6. The third kappa shape index (κ3) is 7.11. The molecule has 0 spiro atoms. The van der Waals surface area contributed by atoms with E-state index in [2.05, 4.69) is 5.32 Å². The van der Waals surface area contributed by atoms with Gasteiger partial charge in [-0.15, -0.1) is 0 Å². The average molecular weight is 261 g/mol. The number of carboxylic acid groups (broad SMARTS) is 1. The highest BCUT2D eigenvalue weighted by Crippen LogP contribution is 2.11. The Hall–Kier alpha value is -1.30. The summed E-state index contributed by atoms with van der Waals surface area (Å²) in [6, 6.07) is -0.977. The molecule has 0 aromatic heterocycles. The van der Waals surface area contributed by atoms with E-state index in [1.807, 2.05) is 0 Å². The number of hydrogen-bond acceptors (Lipinski definition) is 4. The van der Waals surface area contributed by atoms with E-state index in [1.54, 1.807) is 34.8 Å². The molecule has 1 amide bonds. The number of rotatable bonds is 6. The van der Waals surface area contributed by atoms with E-state index >= 15 is 0 Å². The quantitative estimate of drug-likeness (QED) is 0.759. The second-order valence-electron chi connectivity index (χ2n) is 5.22. The van der Waals surface area contributed by atoms with Crippen molar-refractivity contribution in [1.82, 2.24) is 5.32 Å². The number of alkyl carbamates (subject to hydrolysis) is 1. The lowest BCUT2D eigenvalue weighted by atomic mass is 9.99. The standard InChI is InChI=1S/C12H23NO5/c1-8(6-7-17-5)9(10(14)15)13-11(16)18-12(2,3)4/h8-9H,6-7H2,1-5H3,(H,13,16)(H,14,15). The van der Waals surface area contributed by atoms with Crippen LogP contribution in [0.15, 0.2) is 0 Å². The van der Waals surface area contributed by atoms with Crippen LogP contribution in [0.2, 0.25) is 0 Å². The number of amides is 1. The number of aliphatic carboxylic acids is 1. The van der Waals surface area contributed by atoms with Crippen LogP contribution in [0, 0.1) is 5.92 Å². The molecule has 18 heavy (non-hydrogen) atoms. The maximum Gasteiger partial charge on any atom is 0.408 e. The monoisotopic (exact) mass is 261 g/mol. The van der Waals surface area contributed by atoms with Gasteiger partial charge in [0.15, 0.2) is 0 Å². The summed E-state index contributed by atoms with van der Waals surface area (Å²) in [7, 11) is 1.55. The topological polar surface area (TPSA) is 84.9 Å². The molecule has 0 aromatic rings. The van der Waals surface area contributed by atoms with E-state index in [4.69, 9.17) is 14.6 Å². The van der Waals surface area contributed by atoms with Gasteiger partial charge in [0.2, 0.25) is 0 Å². The molecule has 0 heterocycles. The fourth-order valence-corrected chi connectivity index (χ4v) is 1.35. The van der Waals surface area contributed by atoms with Crippen LogP contribution in [-0.4, -0.2) is 42.5 Å². The van der Waals surface area contributed by atoms with E-state index in [9.17, 15) is 9.59 Å². The zero-order chi connectivity index (χ0) is 14.3. The Morgan fingerprint density at radius 1 is 1.33 bits per heavy atom. The molecule has 2 N–H and O–H groups in total. The lowest BCUT2D eigenvalue weighted by Crippen LogP contribution is -2.47. The molecule has 0 aliphatic heterocycles. The van der Waals surface area contributed by atoms with Gasteiger partial charge in [0.25, 0.3) is 0 Å². The van der Waals surface area contributed by atoms with Crippen molar-refractivity contribution in [2.45, 2.75) is 45.8 Å². The van der Waals surface area contributed by atoms with Crippen molar-refractivity contribution >= 4 is 12.1 Å². The second-order valence-corrected chi connectivity index (χ2v) is 5.22. The van der Waals surface area contributed by atoms with Gasteiger partial charge in [-0.25, -0.2) is 9.59 Å². The van der Waals surface area contributed by atoms with Crippen molar-refractivity contribution in [2.75, 3.05) is 13.7 Å². The molecule has 0 saturated carbocycles. The van der Waals surface area contributed by atoms with E-state index in [-0.39, 0.29) is 5.92 Å². The molecule has 6 nitrogen and oxygen atoms in total. The number of methoxy groups -OCH3 is 1. The van der Waals surface area contributed by atoms with Crippen LogP contribution in [0.25, 0.3) is 0 Å². The highest BCUT2D eigenvalue weighted by molar-refractivity contribution is 5.80. The molecule has 0 rings (SSSR count). The number of carboxylic acids is 1. The smallest absolute Gasteiger partial charge is 0.408 e. The predicted octanol–water partition coefficient (Wildman–Crippen LogP) is 1.64. The van der Waals surface area contributed by atoms with E-state index < -0.39 is 23.7 Å². The van der Waals surface area contributed by atoms with Crippen molar-refractivity contribution in [1.29, 1.82) is 0 Å². The van der Waals surface area contributed by atoms with Crippen LogP contribution >= 0.6 is 0 Å². The number of nitrogens with one attached hydrogen (secondary N) is 1. The fraction of sp³-hybridized carbons (Fsp3) is 0.833. The third-order valence-electron chi connectivity index (χ3n) is 2.28. The highest BCUT2D eigenvalue weighted by Gasteiger charge is 2.28. The fourth-order valence-electron chi connectivity index (χ4n) is 1.35. The van der Waals surface area contributed by atoms with Gasteiger partial charge in [-0.1, -0.05) is 6.92 Å². The zero-order valence-corrected chi connectivity index (χ0v) is 11.6. The van der Waals surface area contributed by atoms with Crippen LogP contribution in [-0.2, 0) is 14.3 Å². The normalized spacial score (nSPS) is 14.7. The van der Waals surface area contributed by atoms with Gasteiger partial charge in [0.05, 0.1) is 0 Å². The van der Waals surface area contributed by atoms with Gasteiger partial charge >= 0.3 is 12.1 Å². The Bertz CT molecular complexity index is 285. The molecule has 0 saturated heterocycles. The van der Waals surface area contributed by atoms with Crippen molar-refractivity contribution in [3.8, 4) is 0 Å². The molecule has 2 unspecified atom stereocenters. The van der Waals surface area contributed by atoms with Gasteiger partial charge in [0.1, 0.15) is 11.6 Å². The first-order chi connectivity index (χ1) is 8.17. The van der Waals surface area contributed by atoms with Crippen LogP contribution in [0.4, 0.5) is 4.79 Å². The van der Waals surface area contributed by atoms with Gasteiger partial charge in [-0.2, -0.15) is 0 Å². The van der Waals surface area contributed by atoms with Crippen LogP contribution in [0.1, 0.15) is 34.1 Å². The first-order valence-electron chi connectivity index (χ1n) is 5.88. The molecule has 0 radical (unpaired) electrons. The Kier molecular flexibility index (Phi) is 6.68. The number of carbonyl (C=O) groups excluding carboxylic acids is 1. The summed E-state index contributed by atoms with van der Waals surface area (Å²) in [5.74, 6) is -1.32. The molecule has 0 aliphatic rings. The van der Waals surface area contributed by atoms with Crippen LogP contribution in [0.3, 0.4) is 0 Å². The Morgan fingerprint density at radius 3 is 2.28 bits per heavy atom. The summed E-state index contributed by atoms with van der Waals surface area (Å²) in [6.45, 7) is 7.35. The number of carbonyl (C=O) groups is 2. The molecular weight excluding hydrogens is 238 g/mol. The summed E-state index contributed by atoms with van der Waals surface area (Å²) < 4.78 is 9.92. The van der Waals surface area contributed by atoms with Crippen molar-refractivity contribution < 1.29 is 24.2 Å². The van der Waals surface area contributed by atoms with Crippen LogP contribution in [0.5, 0.6) is 0 Å². The molecule has 0 aliphatic carbocycles. The van der Waals surface area contributed by atoms with Gasteiger partial charge in [0, 0.05) is 13.7 Å². The molecule has 106 valence electrons. The van der Waals surface area contributed by atoms with E-state index in [0.717, 1.165) is 0 Å². The summed E-state index contributed by atoms with van der Waals surface area (Å²) in [5, 5.41) is 11.4.